The summed E-state index contributed by atoms with van der Waals surface area (Å²) in [6, 6.07) is 8.06. The van der Waals surface area contributed by atoms with Gasteiger partial charge in [-0.2, -0.15) is 9.50 Å². The van der Waals surface area contributed by atoms with Crippen molar-refractivity contribution in [2.45, 2.75) is 20.4 Å². The number of hydrogen-bond donors (Lipinski definition) is 2. The van der Waals surface area contributed by atoms with Crippen LogP contribution in [0.5, 0.6) is 0 Å². The Hall–Kier alpha value is -2.34. The highest BCUT2D eigenvalue weighted by Gasteiger charge is 2.11. The van der Waals surface area contributed by atoms with Crippen molar-refractivity contribution >= 4 is 23.3 Å². The summed E-state index contributed by atoms with van der Waals surface area (Å²) in [6.07, 6.45) is 0. The summed E-state index contributed by atoms with van der Waals surface area (Å²) < 4.78 is 1.23. The summed E-state index contributed by atoms with van der Waals surface area (Å²) in [5.74, 6) is 0.777. The lowest BCUT2D eigenvalue weighted by molar-refractivity contribution is 0.886. The van der Waals surface area contributed by atoms with E-state index in [2.05, 4.69) is 20.4 Å². The standard InChI is InChI=1S/C14H14ClN5O/c1-8-5-3-4-6-10(8)7-16-13-18-14-17-9(2)11(15)12(21)20(14)19-13/h3-6H,7H2,1-2H3,(H2,16,17,18,19). The van der Waals surface area contributed by atoms with Gasteiger partial charge in [0.15, 0.2) is 0 Å². The summed E-state index contributed by atoms with van der Waals surface area (Å²) in [4.78, 5) is 20.4. The SMILES string of the molecule is Cc1ccccc1CNc1nc2nc(C)c(Cl)c(=O)n2[nH]1. The third-order valence-corrected chi connectivity index (χ3v) is 3.75. The van der Waals surface area contributed by atoms with E-state index in [4.69, 9.17) is 11.6 Å². The van der Waals surface area contributed by atoms with Gasteiger partial charge in [-0.3, -0.25) is 9.89 Å². The summed E-state index contributed by atoms with van der Waals surface area (Å²) >= 11 is 5.90. The lowest BCUT2D eigenvalue weighted by atomic mass is 10.1. The number of halogens is 1. The quantitative estimate of drug-likeness (QED) is 0.778. The molecule has 1 aromatic carbocycles. The second-order valence-electron chi connectivity index (χ2n) is 4.80. The highest BCUT2D eigenvalue weighted by Crippen LogP contribution is 2.11. The molecule has 0 aliphatic carbocycles. The van der Waals surface area contributed by atoms with E-state index < -0.39 is 0 Å². The second kappa shape index (κ2) is 5.21. The normalized spacial score (nSPS) is 11.0. The van der Waals surface area contributed by atoms with Crippen LogP contribution in [-0.4, -0.2) is 19.6 Å². The van der Waals surface area contributed by atoms with Gasteiger partial charge in [-0.1, -0.05) is 35.9 Å². The maximum Gasteiger partial charge on any atom is 0.293 e. The molecule has 0 fully saturated rings. The van der Waals surface area contributed by atoms with Gasteiger partial charge < -0.3 is 5.32 Å². The molecule has 21 heavy (non-hydrogen) atoms. The van der Waals surface area contributed by atoms with Gasteiger partial charge in [-0.25, -0.2) is 4.98 Å². The van der Waals surface area contributed by atoms with Crippen LogP contribution in [0.25, 0.3) is 5.78 Å². The van der Waals surface area contributed by atoms with Crippen LogP contribution in [0.1, 0.15) is 16.8 Å². The Balaban J connectivity index is 1.91. The molecular weight excluding hydrogens is 290 g/mol. The fraction of sp³-hybridized carbons (Fsp3) is 0.214. The molecule has 7 heteroatoms. The third kappa shape index (κ3) is 2.50. The van der Waals surface area contributed by atoms with Gasteiger partial charge in [-0.15, -0.1) is 0 Å². The molecule has 0 saturated carbocycles. The third-order valence-electron chi connectivity index (χ3n) is 3.31. The van der Waals surface area contributed by atoms with Crippen molar-refractivity contribution in [1.29, 1.82) is 0 Å². The molecule has 108 valence electrons. The number of H-pyrrole nitrogens is 1. The largest absolute Gasteiger partial charge is 0.351 e. The molecular formula is C14H14ClN5O. The van der Waals surface area contributed by atoms with Crippen LogP contribution >= 0.6 is 11.6 Å². The minimum Gasteiger partial charge on any atom is -0.351 e. The summed E-state index contributed by atoms with van der Waals surface area (Å²) in [6.45, 7) is 4.33. The molecule has 0 amide bonds. The molecule has 0 radical (unpaired) electrons. The summed E-state index contributed by atoms with van der Waals surface area (Å²) in [5, 5.41) is 6.10. The number of benzene rings is 1. The molecule has 0 bridgehead atoms. The molecule has 0 aliphatic rings. The number of nitrogens with one attached hydrogen (secondary N) is 2. The Bertz CT molecular complexity index is 867. The van der Waals surface area contributed by atoms with Crippen molar-refractivity contribution < 1.29 is 0 Å². The molecule has 0 unspecified atom stereocenters. The molecule has 2 N–H and O–H groups in total. The fourth-order valence-electron chi connectivity index (χ4n) is 2.07. The van der Waals surface area contributed by atoms with E-state index in [0.717, 1.165) is 5.56 Å². The topological polar surface area (TPSA) is 75.1 Å². The smallest absolute Gasteiger partial charge is 0.293 e. The first kappa shape index (κ1) is 13.6. The van der Waals surface area contributed by atoms with Gasteiger partial charge in [-0.05, 0) is 25.0 Å². The van der Waals surface area contributed by atoms with Gasteiger partial charge in [0, 0.05) is 6.54 Å². The van der Waals surface area contributed by atoms with Crippen LogP contribution in [0.15, 0.2) is 29.1 Å². The average Bonchev–Trinajstić information content (AvgIpc) is 2.87. The zero-order valence-corrected chi connectivity index (χ0v) is 12.4. The molecule has 6 nitrogen and oxygen atoms in total. The van der Waals surface area contributed by atoms with Crippen molar-refractivity contribution in [3.8, 4) is 0 Å². The minimum absolute atomic E-state index is 0.0987. The molecule has 3 rings (SSSR count). The Morgan fingerprint density at radius 1 is 1.29 bits per heavy atom. The van der Waals surface area contributed by atoms with Gasteiger partial charge in [0.1, 0.15) is 5.02 Å². The monoisotopic (exact) mass is 303 g/mol. The second-order valence-corrected chi connectivity index (χ2v) is 5.18. The number of hydrogen-bond acceptors (Lipinski definition) is 4. The van der Waals surface area contributed by atoms with Crippen molar-refractivity contribution in [2.75, 3.05) is 5.32 Å². The first-order valence-electron chi connectivity index (χ1n) is 6.49. The molecule has 0 saturated heterocycles. The fourth-order valence-corrected chi connectivity index (χ4v) is 2.19. The number of rotatable bonds is 3. The van der Waals surface area contributed by atoms with Crippen molar-refractivity contribution in [2.24, 2.45) is 0 Å². The highest BCUT2D eigenvalue weighted by atomic mass is 35.5. The van der Waals surface area contributed by atoms with Crippen LogP contribution in [-0.2, 0) is 6.54 Å². The van der Waals surface area contributed by atoms with Gasteiger partial charge in [0.2, 0.25) is 5.95 Å². The Morgan fingerprint density at radius 3 is 2.81 bits per heavy atom. The predicted octanol–water partition coefficient (Wildman–Crippen LogP) is 2.30. The number of aromatic nitrogens is 4. The van der Waals surface area contributed by atoms with Crippen LogP contribution in [0.3, 0.4) is 0 Å². The number of nitrogens with zero attached hydrogens (tertiary/aromatic N) is 3. The first-order chi connectivity index (χ1) is 10.1. The molecule has 2 heterocycles. The summed E-state index contributed by atoms with van der Waals surface area (Å²) in [7, 11) is 0. The molecule has 0 atom stereocenters. The van der Waals surface area contributed by atoms with Crippen LogP contribution in [0.2, 0.25) is 5.02 Å². The number of anilines is 1. The van der Waals surface area contributed by atoms with Crippen LogP contribution in [0.4, 0.5) is 5.95 Å². The number of fused-ring (bicyclic) bond motifs is 1. The number of aromatic amines is 1. The lowest BCUT2D eigenvalue weighted by Crippen LogP contribution is -2.17. The van der Waals surface area contributed by atoms with Crippen LogP contribution < -0.4 is 10.9 Å². The van der Waals surface area contributed by atoms with Gasteiger partial charge in [0.25, 0.3) is 11.3 Å². The van der Waals surface area contributed by atoms with Crippen LogP contribution in [0, 0.1) is 13.8 Å². The highest BCUT2D eigenvalue weighted by molar-refractivity contribution is 6.31. The maximum absolute atomic E-state index is 12.0. The Morgan fingerprint density at radius 2 is 2.05 bits per heavy atom. The zero-order chi connectivity index (χ0) is 15.0. The van der Waals surface area contributed by atoms with Gasteiger partial charge in [0.05, 0.1) is 5.69 Å². The predicted molar refractivity (Wildman–Crippen MR) is 81.9 cm³/mol. The number of aryl methyl sites for hydroxylation is 2. The molecule has 3 aromatic rings. The maximum atomic E-state index is 12.0. The Kier molecular flexibility index (Phi) is 3.39. The van der Waals surface area contributed by atoms with E-state index in [-0.39, 0.29) is 10.6 Å². The van der Waals surface area contributed by atoms with Gasteiger partial charge >= 0.3 is 0 Å². The summed E-state index contributed by atoms with van der Waals surface area (Å²) in [5.41, 5.74) is 2.47. The molecule has 2 aromatic heterocycles. The van der Waals surface area contributed by atoms with E-state index in [9.17, 15) is 4.79 Å². The minimum atomic E-state index is -0.351. The van der Waals surface area contributed by atoms with E-state index in [1.165, 1.54) is 10.1 Å². The zero-order valence-electron chi connectivity index (χ0n) is 11.6. The average molecular weight is 304 g/mol. The first-order valence-corrected chi connectivity index (χ1v) is 6.87. The van der Waals surface area contributed by atoms with E-state index in [0.29, 0.717) is 24.0 Å². The Labute approximate surface area is 125 Å². The van der Waals surface area contributed by atoms with Crippen molar-refractivity contribution in [1.82, 2.24) is 19.6 Å². The molecule has 0 aliphatic heterocycles. The van der Waals surface area contributed by atoms with E-state index in [1.54, 1.807) is 6.92 Å². The van der Waals surface area contributed by atoms with Crippen molar-refractivity contribution in [3.05, 3.63) is 56.5 Å². The van der Waals surface area contributed by atoms with E-state index in [1.807, 2.05) is 31.2 Å². The van der Waals surface area contributed by atoms with E-state index >= 15 is 0 Å². The van der Waals surface area contributed by atoms with Crippen molar-refractivity contribution in [3.63, 3.8) is 0 Å². The molecule has 0 spiro atoms. The lowest BCUT2D eigenvalue weighted by Gasteiger charge is -2.05.